The van der Waals surface area contributed by atoms with Gasteiger partial charge in [-0.15, -0.1) is 11.3 Å². The van der Waals surface area contributed by atoms with Gasteiger partial charge in [-0.1, -0.05) is 6.07 Å². The van der Waals surface area contributed by atoms with E-state index >= 15 is 0 Å². The second kappa shape index (κ2) is 6.17. The molecule has 8 heteroatoms. The third-order valence-corrected chi connectivity index (χ3v) is 5.16. The molecule has 1 aromatic carbocycles. The van der Waals surface area contributed by atoms with E-state index in [0.717, 1.165) is 23.2 Å². The van der Waals surface area contributed by atoms with E-state index in [4.69, 9.17) is 0 Å². The van der Waals surface area contributed by atoms with Gasteiger partial charge in [0.05, 0.1) is 33.9 Å². The zero-order valence-corrected chi connectivity index (χ0v) is 12.7. The van der Waals surface area contributed by atoms with E-state index < -0.39 is 38.9 Å². The summed E-state index contributed by atoms with van der Waals surface area (Å²) in [5.74, 6) is -3.07. The largest absolute Gasteiger partial charge is 0.387 e. The SMILES string of the molecule is Cc1nc(CS(=O)(=O)CC(O)c2c(F)cccc2F)cs1. The Morgan fingerprint density at radius 1 is 1.33 bits per heavy atom. The quantitative estimate of drug-likeness (QED) is 0.912. The number of sulfone groups is 1. The summed E-state index contributed by atoms with van der Waals surface area (Å²) in [4.78, 5) is 4.02. The Morgan fingerprint density at radius 2 is 1.95 bits per heavy atom. The lowest BCUT2D eigenvalue weighted by atomic mass is 10.1. The second-order valence-corrected chi connectivity index (χ2v) is 7.73. The third kappa shape index (κ3) is 4.05. The van der Waals surface area contributed by atoms with Gasteiger partial charge in [-0.25, -0.2) is 22.2 Å². The van der Waals surface area contributed by atoms with E-state index in [9.17, 15) is 22.3 Å². The lowest BCUT2D eigenvalue weighted by Gasteiger charge is -2.12. The van der Waals surface area contributed by atoms with Crippen molar-refractivity contribution in [2.24, 2.45) is 0 Å². The number of benzene rings is 1. The van der Waals surface area contributed by atoms with Crippen molar-refractivity contribution in [1.29, 1.82) is 0 Å². The molecule has 0 spiro atoms. The fourth-order valence-corrected chi connectivity index (χ4v) is 3.99. The number of hydrogen-bond acceptors (Lipinski definition) is 5. The van der Waals surface area contributed by atoms with Crippen LogP contribution >= 0.6 is 11.3 Å². The number of aliphatic hydroxyl groups excluding tert-OH is 1. The number of aryl methyl sites for hydroxylation is 1. The van der Waals surface area contributed by atoms with Crippen LogP contribution in [-0.4, -0.2) is 24.3 Å². The molecule has 2 aromatic rings. The Hall–Kier alpha value is -1.38. The highest BCUT2D eigenvalue weighted by Crippen LogP contribution is 2.23. The molecule has 0 radical (unpaired) electrons. The van der Waals surface area contributed by atoms with Crippen molar-refractivity contribution in [3.63, 3.8) is 0 Å². The van der Waals surface area contributed by atoms with Gasteiger partial charge in [-0.2, -0.15) is 0 Å². The Kier molecular flexibility index (Phi) is 4.70. The molecule has 0 aliphatic rings. The standard InChI is InChI=1S/C13H13F2NO3S2/c1-8-16-9(5-20-8)6-21(18,19)7-12(17)13-10(14)3-2-4-11(13)15/h2-5,12,17H,6-7H2,1H3. The summed E-state index contributed by atoms with van der Waals surface area (Å²) in [5.41, 5.74) is -0.269. The predicted molar refractivity (Wildman–Crippen MR) is 75.7 cm³/mol. The fourth-order valence-electron chi connectivity index (χ4n) is 1.91. The van der Waals surface area contributed by atoms with Gasteiger partial charge >= 0.3 is 0 Å². The molecule has 1 unspecified atom stereocenters. The fraction of sp³-hybridized carbons (Fsp3) is 0.308. The molecule has 114 valence electrons. The van der Waals surface area contributed by atoms with Crippen molar-refractivity contribution in [3.8, 4) is 0 Å². The average Bonchev–Trinajstić information content (AvgIpc) is 2.72. The number of aliphatic hydroxyl groups is 1. The molecule has 0 bridgehead atoms. The molecule has 1 atom stereocenters. The lowest BCUT2D eigenvalue weighted by Crippen LogP contribution is -2.18. The van der Waals surface area contributed by atoms with E-state index in [0.29, 0.717) is 5.69 Å². The molecule has 1 N–H and O–H groups in total. The van der Waals surface area contributed by atoms with Crippen LogP contribution in [0.25, 0.3) is 0 Å². The molecule has 4 nitrogen and oxygen atoms in total. The number of thiazole rings is 1. The van der Waals surface area contributed by atoms with Crippen molar-refractivity contribution >= 4 is 21.2 Å². The Morgan fingerprint density at radius 3 is 2.48 bits per heavy atom. The van der Waals surface area contributed by atoms with Crippen LogP contribution in [-0.2, 0) is 15.6 Å². The predicted octanol–water partition coefficient (Wildman–Crippen LogP) is 2.38. The van der Waals surface area contributed by atoms with Crippen LogP contribution in [0.3, 0.4) is 0 Å². The number of hydrogen-bond donors (Lipinski definition) is 1. The van der Waals surface area contributed by atoms with Crippen LogP contribution in [0.2, 0.25) is 0 Å². The lowest BCUT2D eigenvalue weighted by molar-refractivity contribution is 0.191. The maximum atomic E-state index is 13.5. The van der Waals surface area contributed by atoms with Crippen molar-refractivity contribution in [2.75, 3.05) is 5.75 Å². The maximum absolute atomic E-state index is 13.5. The molecule has 0 saturated heterocycles. The average molecular weight is 333 g/mol. The monoisotopic (exact) mass is 333 g/mol. The first-order valence-corrected chi connectivity index (χ1v) is 8.72. The summed E-state index contributed by atoms with van der Waals surface area (Å²) in [7, 11) is -3.74. The van der Waals surface area contributed by atoms with Crippen LogP contribution in [0.15, 0.2) is 23.6 Å². The molecular weight excluding hydrogens is 320 g/mol. The zero-order chi connectivity index (χ0) is 15.6. The Labute approximate surface area is 125 Å². The van der Waals surface area contributed by atoms with Gasteiger partial charge < -0.3 is 5.11 Å². The first kappa shape index (κ1) is 16.0. The van der Waals surface area contributed by atoms with Crippen LogP contribution in [0.5, 0.6) is 0 Å². The highest BCUT2D eigenvalue weighted by Gasteiger charge is 2.25. The van der Waals surface area contributed by atoms with Gasteiger partial charge in [0.25, 0.3) is 0 Å². The molecule has 21 heavy (non-hydrogen) atoms. The molecule has 0 amide bonds. The first-order chi connectivity index (χ1) is 9.78. The number of nitrogens with zero attached hydrogens (tertiary/aromatic N) is 1. The Balaban J connectivity index is 2.16. The van der Waals surface area contributed by atoms with Gasteiger partial charge in [0.1, 0.15) is 11.6 Å². The molecule has 0 aliphatic carbocycles. The summed E-state index contributed by atoms with van der Waals surface area (Å²) in [6, 6.07) is 3.09. The van der Waals surface area contributed by atoms with Crippen molar-refractivity contribution in [3.05, 3.63) is 51.5 Å². The minimum Gasteiger partial charge on any atom is -0.387 e. The van der Waals surface area contributed by atoms with E-state index in [1.807, 2.05) is 0 Å². The van der Waals surface area contributed by atoms with E-state index in [1.165, 1.54) is 11.3 Å². The van der Waals surface area contributed by atoms with Gasteiger partial charge in [0.2, 0.25) is 0 Å². The summed E-state index contributed by atoms with van der Waals surface area (Å²) in [5, 5.41) is 12.1. The molecular formula is C13H13F2NO3S2. The highest BCUT2D eigenvalue weighted by molar-refractivity contribution is 7.90. The number of halogens is 2. The van der Waals surface area contributed by atoms with Crippen molar-refractivity contribution in [1.82, 2.24) is 4.98 Å². The molecule has 1 heterocycles. The summed E-state index contributed by atoms with van der Waals surface area (Å²) < 4.78 is 51.0. The van der Waals surface area contributed by atoms with Crippen LogP contribution in [0.1, 0.15) is 22.4 Å². The second-order valence-electron chi connectivity index (χ2n) is 4.56. The van der Waals surface area contributed by atoms with Crippen LogP contribution in [0, 0.1) is 18.6 Å². The summed E-state index contributed by atoms with van der Waals surface area (Å²) in [6.07, 6.45) is -1.75. The van der Waals surface area contributed by atoms with Gasteiger partial charge in [0.15, 0.2) is 9.84 Å². The minimum absolute atomic E-state index is 0.360. The first-order valence-electron chi connectivity index (χ1n) is 6.02. The number of aromatic nitrogens is 1. The van der Waals surface area contributed by atoms with Gasteiger partial charge in [-0.3, -0.25) is 0 Å². The molecule has 0 saturated carbocycles. The van der Waals surface area contributed by atoms with Crippen LogP contribution < -0.4 is 0 Å². The minimum atomic E-state index is -3.74. The third-order valence-electron chi connectivity index (χ3n) is 2.78. The molecule has 0 aliphatic heterocycles. The zero-order valence-electron chi connectivity index (χ0n) is 11.1. The molecule has 0 fully saturated rings. The Bertz CT molecular complexity index is 723. The van der Waals surface area contributed by atoms with Gasteiger partial charge in [0, 0.05) is 5.38 Å². The van der Waals surface area contributed by atoms with Gasteiger partial charge in [-0.05, 0) is 19.1 Å². The normalized spacial score (nSPS) is 13.3. The van der Waals surface area contributed by atoms with E-state index in [2.05, 4.69) is 4.98 Å². The van der Waals surface area contributed by atoms with Crippen molar-refractivity contribution in [2.45, 2.75) is 18.8 Å². The van der Waals surface area contributed by atoms with E-state index in [-0.39, 0.29) is 5.75 Å². The van der Waals surface area contributed by atoms with Crippen LogP contribution in [0.4, 0.5) is 8.78 Å². The summed E-state index contributed by atoms with van der Waals surface area (Å²) in [6.45, 7) is 1.74. The molecule has 2 rings (SSSR count). The van der Waals surface area contributed by atoms with E-state index in [1.54, 1.807) is 12.3 Å². The topological polar surface area (TPSA) is 67.3 Å². The highest BCUT2D eigenvalue weighted by atomic mass is 32.2. The molecule has 1 aromatic heterocycles. The summed E-state index contributed by atoms with van der Waals surface area (Å²) >= 11 is 1.31. The number of rotatable bonds is 5. The van der Waals surface area contributed by atoms with Crippen molar-refractivity contribution < 1.29 is 22.3 Å². The smallest absolute Gasteiger partial charge is 0.158 e. The maximum Gasteiger partial charge on any atom is 0.158 e.